The number of carbonyl (C=O) groups is 2. The second kappa shape index (κ2) is 8.47. The molecule has 0 atom stereocenters. The van der Waals surface area contributed by atoms with Gasteiger partial charge in [-0.05, 0) is 31.3 Å². The number of urea groups is 1. The fraction of sp³-hybridized carbons (Fsp3) is 0.250. The molecular formula is C16H17ClFN3O3. The lowest BCUT2D eigenvalue weighted by Crippen LogP contribution is -2.43. The molecule has 1 aromatic carbocycles. The Bertz CT molecular complexity index is 686. The number of carbonyl (C=O) groups excluding carboxylic acids is 2. The van der Waals surface area contributed by atoms with Crippen LogP contribution in [-0.4, -0.2) is 30.4 Å². The van der Waals surface area contributed by atoms with Crippen molar-refractivity contribution in [3.8, 4) is 0 Å². The molecule has 2 N–H and O–H groups in total. The number of benzene rings is 1. The Morgan fingerprint density at radius 3 is 2.75 bits per heavy atom. The molecule has 3 amide bonds. The van der Waals surface area contributed by atoms with Crippen LogP contribution in [0.2, 0.25) is 5.02 Å². The Labute approximate surface area is 143 Å². The van der Waals surface area contributed by atoms with Gasteiger partial charge in [0.1, 0.15) is 11.6 Å². The highest BCUT2D eigenvalue weighted by atomic mass is 35.5. The van der Waals surface area contributed by atoms with Crippen LogP contribution in [0.5, 0.6) is 0 Å². The lowest BCUT2D eigenvalue weighted by atomic mass is 10.2. The molecule has 0 radical (unpaired) electrons. The van der Waals surface area contributed by atoms with E-state index in [4.69, 9.17) is 16.0 Å². The van der Waals surface area contributed by atoms with Crippen LogP contribution in [0.15, 0.2) is 41.0 Å². The van der Waals surface area contributed by atoms with E-state index in [0.29, 0.717) is 16.3 Å². The summed E-state index contributed by atoms with van der Waals surface area (Å²) in [4.78, 5) is 25.0. The number of hydrogen-bond donors (Lipinski definition) is 2. The summed E-state index contributed by atoms with van der Waals surface area (Å²) in [5.74, 6) is -0.378. The maximum absolute atomic E-state index is 13.7. The Hall–Kier alpha value is -2.38. The molecule has 0 fully saturated rings. The van der Waals surface area contributed by atoms with Crippen molar-refractivity contribution < 1.29 is 18.4 Å². The molecule has 0 aliphatic carbocycles. The lowest BCUT2D eigenvalue weighted by molar-refractivity contribution is -0.121. The highest BCUT2D eigenvalue weighted by Crippen LogP contribution is 2.20. The highest BCUT2D eigenvalue weighted by molar-refractivity contribution is 6.31. The fourth-order valence-electron chi connectivity index (χ4n) is 2.05. The third-order valence-corrected chi connectivity index (χ3v) is 3.51. The first-order valence-corrected chi connectivity index (χ1v) is 7.55. The van der Waals surface area contributed by atoms with Crippen molar-refractivity contribution in [3.63, 3.8) is 0 Å². The Balaban J connectivity index is 1.77. The monoisotopic (exact) mass is 353 g/mol. The fourth-order valence-corrected chi connectivity index (χ4v) is 2.27. The van der Waals surface area contributed by atoms with Gasteiger partial charge in [0.2, 0.25) is 5.91 Å². The third-order valence-electron chi connectivity index (χ3n) is 3.16. The number of hydrogen-bond acceptors (Lipinski definition) is 4. The van der Waals surface area contributed by atoms with Gasteiger partial charge in [-0.15, -0.1) is 0 Å². The second-order valence-electron chi connectivity index (χ2n) is 5.18. The van der Waals surface area contributed by atoms with Crippen LogP contribution in [-0.2, 0) is 17.9 Å². The largest absolute Gasteiger partial charge is 0.467 e. The summed E-state index contributed by atoms with van der Waals surface area (Å²) in [6.07, 6.45) is 1.49. The van der Waals surface area contributed by atoms with Crippen LogP contribution in [0.25, 0.3) is 0 Å². The zero-order chi connectivity index (χ0) is 17.5. The van der Waals surface area contributed by atoms with Gasteiger partial charge >= 0.3 is 6.03 Å². The van der Waals surface area contributed by atoms with Gasteiger partial charge in [-0.3, -0.25) is 15.0 Å². The van der Waals surface area contributed by atoms with Gasteiger partial charge in [0.15, 0.2) is 0 Å². The molecule has 0 saturated heterocycles. The van der Waals surface area contributed by atoms with Gasteiger partial charge in [0, 0.05) is 17.1 Å². The molecule has 1 aromatic heterocycles. The van der Waals surface area contributed by atoms with E-state index in [9.17, 15) is 14.0 Å². The van der Waals surface area contributed by atoms with Crippen LogP contribution in [0.4, 0.5) is 9.18 Å². The van der Waals surface area contributed by atoms with Crippen molar-refractivity contribution in [1.29, 1.82) is 0 Å². The molecule has 0 spiro atoms. The topological polar surface area (TPSA) is 74.6 Å². The molecule has 0 bridgehead atoms. The molecule has 0 unspecified atom stereocenters. The van der Waals surface area contributed by atoms with E-state index in [1.165, 1.54) is 18.4 Å². The van der Waals surface area contributed by atoms with Gasteiger partial charge in [-0.25, -0.2) is 9.18 Å². The van der Waals surface area contributed by atoms with Crippen LogP contribution >= 0.6 is 11.6 Å². The summed E-state index contributed by atoms with van der Waals surface area (Å²) < 4.78 is 18.8. The van der Waals surface area contributed by atoms with Crippen LogP contribution in [0, 0.1) is 5.82 Å². The SMILES string of the molecule is CN(CC(=O)NC(=O)NCc1ccco1)Cc1c(F)cccc1Cl. The quantitative estimate of drug-likeness (QED) is 0.837. The summed E-state index contributed by atoms with van der Waals surface area (Å²) in [6, 6.07) is 7.16. The zero-order valence-electron chi connectivity index (χ0n) is 13.0. The minimum Gasteiger partial charge on any atom is -0.467 e. The predicted octanol–water partition coefficient (Wildman–Crippen LogP) is 2.53. The molecule has 8 heteroatoms. The molecule has 2 aromatic rings. The first-order chi connectivity index (χ1) is 11.5. The van der Waals surface area contributed by atoms with Crippen molar-refractivity contribution >= 4 is 23.5 Å². The van der Waals surface area contributed by atoms with Crippen molar-refractivity contribution in [2.45, 2.75) is 13.1 Å². The molecule has 6 nitrogen and oxygen atoms in total. The lowest BCUT2D eigenvalue weighted by Gasteiger charge is -2.17. The molecule has 0 aliphatic heterocycles. The predicted molar refractivity (Wildman–Crippen MR) is 86.8 cm³/mol. The van der Waals surface area contributed by atoms with Gasteiger partial charge in [-0.2, -0.15) is 0 Å². The summed E-state index contributed by atoms with van der Waals surface area (Å²) >= 11 is 5.94. The van der Waals surface area contributed by atoms with E-state index in [1.807, 2.05) is 0 Å². The van der Waals surface area contributed by atoms with E-state index in [1.54, 1.807) is 30.1 Å². The van der Waals surface area contributed by atoms with E-state index in [-0.39, 0.29) is 19.6 Å². The Kier molecular flexibility index (Phi) is 6.34. The van der Waals surface area contributed by atoms with E-state index in [0.717, 1.165) is 0 Å². The van der Waals surface area contributed by atoms with Gasteiger partial charge in [0.05, 0.1) is 19.4 Å². The van der Waals surface area contributed by atoms with Crippen LogP contribution in [0.1, 0.15) is 11.3 Å². The highest BCUT2D eigenvalue weighted by Gasteiger charge is 2.14. The summed E-state index contributed by atoms with van der Waals surface area (Å²) in [6.45, 7) is 0.235. The number of nitrogens with one attached hydrogen (secondary N) is 2. The van der Waals surface area contributed by atoms with Crippen molar-refractivity contribution in [2.75, 3.05) is 13.6 Å². The number of likely N-dealkylation sites (N-methyl/N-ethyl adjacent to an activating group) is 1. The molecule has 1 heterocycles. The van der Waals surface area contributed by atoms with E-state index in [2.05, 4.69) is 10.6 Å². The molecule has 0 aliphatic rings. The van der Waals surface area contributed by atoms with E-state index >= 15 is 0 Å². The number of nitrogens with zero attached hydrogens (tertiary/aromatic N) is 1. The molecule has 0 saturated carbocycles. The standard InChI is InChI=1S/C16H17ClFN3O3/c1-21(9-12-13(17)5-2-6-14(12)18)10-15(22)20-16(23)19-8-11-4-3-7-24-11/h2-7H,8-10H2,1H3,(H2,19,20,22,23). The van der Waals surface area contributed by atoms with Crippen LogP contribution < -0.4 is 10.6 Å². The average molecular weight is 354 g/mol. The number of halogens is 2. The van der Waals surface area contributed by atoms with Crippen molar-refractivity contribution in [1.82, 2.24) is 15.5 Å². The number of imide groups is 1. The minimum absolute atomic E-state index is 0.0845. The Morgan fingerprint density at radius 1 is 1.29 bits per heavy atom. The second-order valence-corrected chi connectivity index (χ2v) is 5.59. The molecule has 24 heavy (non-hydrogen) atoms. The van der Waals surface area contributed by atoms with Gasteiger partial charge < -0.3 is 9.73 Å². The normalized spacial score (nSPS) is 10.7. The number of furan rings is 1. The minimum atomic E-state index is -0.631. The maximum Gasteiger partial charge on any atom is 0.321 e. The van der Waals surface area contributed by atoms with E-state index < -0.39 is 17.8 Å². The molecular weight excluding hydrogens is 337 g/mol. The summed E-state index contributed by atoms with van der Waals surface area (Å²) in [5, 5.41) is 4.97. The average Bonchev–Trinajstić information content (AvgIpc) is 3.02. The van der Waals surface area contributed by atoms with Crippen molar-refractivity contribution in [2.24, 2.45) is 0 Å². The zero-order valence-corrected chi connectivity index (χ0v) is 13.8. The first kappa shape index (κ1) is 18.0. The smallest absolute Gasteiger partial charge is 0.321 e. The molecule has 128 valence electrons. The van der Waals surface area contributed by atoms with Gasteiger partial charge in [-0.1, -0.05) is 17.7 Å². The third kappa shape index (κ3) is 5.36. The number of amides is 3. The van der Waals surface area contributed by atoms with Crippen LogP contribution in [0.3, 0.4) is 0 Å². The number of rotatable bonds is 6. The van der Waals surface area contributed by atoms with Crippen molar-refractivity contribution in [3.05, 3.63) is 58.8 Å². The molecule has 2 rings (SSSR count). The first-order valence-electron chi connectivity index (χ1n) is 7.17. The maximum atomic E-state index is 13.7. The summed E-state index contributed by atoms with van der Waals surface area (Å²) in [7, 11) is 1.63. The Morgan fingerprint density at radius 2 is 2.08 bits per heavy atom. The van der Waals surface area contributed by atoms with Gasteiger partial charge in [0.25, 0.3) is 0 Å². The summed E-state index contributed by atoms with van der Waals surface area (Å²) in [5.41, 5.74) is 0.303.